The van der Waals surface area contributed by atoms with Gasteiger partial charge in [-0.25, -0.2) is 4.79 Å². The van der Waals surface area contributed by atoms with E-state index in [1.807, 2.05) is 27.9 Å². The Hall–Kier alpha value is -2.41. The maximum atomic E-state index is 12.5. The molecule has 1 saturated heterocycles. The van der Waals surface area contributed by atoms with Crippen molar-refractivity contribution in [1.29, 1.82) is 0 Å². The Kier molecular flexibility index (Phi) is 6.22. The molecule has 2 amide bonds. The van der Waals surface area contributed by atoms with Crippen molar-refractivity contribution in [2.75, 3.05) is 20.2 Å². The molecule has 26 heavy (non-hydrogen) atoms. The van der Waals surface area contributed by atoms with Crippen LogP contribution < -0.4 is 5.32 Å². The van der Waals surface area contributed by atoms with Crippen LogP contribution >= 0.6 is 0 Å². The zero-order chi connectivity index (χ0) is 18.4. The topological polar surface area (TPSA) is 72.3 Å². The Morgan fingerprint density at radius 3 is 3.04 bits per heavy atom. The summed E-state index contributed by atoms with van der Waals surface area (Å²) in [7, 11) is 1.65. The quantitative estimate of drug-likeness (QED) is 0.861. The Morgan fingerprint density at radius 1 is 1.38 bits per heavy atom. The van der Waals surface area contributed by atoms with Crippen molar-refractivity contribution in [1.82, 2.24) is 25.2 Å². The first-order chi connectivity index (χ1) is 12.7. The third-order valence-corrected chi connectivity index (χ3v) is 4.82. The van der Waals surface area contributed by atoms with Gasteiger partial charge < -0.3 is 15.0 Å². The summed E-state index contributed by atoms with van der Waals surface area (Å²) in [6, 6.07) is 8.14. The number of nitrogens with zero attached hydrogens (tertiary/aromatic N) is 4. The number of benzene rings is 1. The van der Waals surface area contributed by atoms with E-state index in [1.54, 1.807) is 7.11 Å². The van der Waals surface area contributed by atoms with E-state index >= 15 is 0 Å². The van der Waals surface area contributed by atoms with E-state index in [0.717, 1.165) is 43.7 Å². The molecule has 2 heterocycles. The monoisotopic (exact) mass is 357 g/mol. The number of hydrogen-bond donors (Lipinski definition) is 1. The number of carbonyl (C=O) groups excluding carboxylic acids is 1. The first kappa shape index (κ1) is 18.4. The number of ether oxygens (including phenoxy) is 1. The molecule has 1 aliphatic rings. The van der Waals surface area contributed by atoms with E-state index in [9.17, 15) is 4.79 Å². The third-order valence-electron chi connectivity index (χ3n) is 4.82. The van der Waals surface area contributed by atoms with Gasteiger partial charge in [-0.3, -0.25) is 4.68 Å². The molecule has 3 rings (SSSR count). The maximum Gasteiger partial charge on any atom is 0.317 e. The highest BCUT2D eigenvalue weighted by molar-refractivity contribution is 5.74. The van der Waals surface area contributed by atoms with Crippen molar-refractivity contribution < 1.29 is 9.53 Å². The second-order valence-corrected chi connectivity index (χ2v) is 6.90. The van der Waals surface area contributed by atoms with Crippen molar-refractivity contribution in [2.45, 2.75) is 39.5 Å². The van der Waals surface area contributed by atoms with E-state index < -0.39 is 0 Å². The highest BCUT2D eigenvalue weighted by Crippen LogP contribution is 2.18. The number of hydrogen-bond acceptors (Lipinski definition) is 4. The first-order valence-corrected chi connectivity index (χ1v) is 9.11. The lowest BCUT2D eigenvalue weighted by Crippen LogP contribution is -2.46. The molecular formula is C19H27N5O2. The fourth-order valence-corrected chi connectivity index (χ4v) is 3.40. The first-order valence-electron chi connectivity index (χ1n) is 9.11. The molecular weight excluding hydrogens is 330 g/mol. The molecule has 1 aromatic heterocycles. The van der Waals surface area contributed by atoms with Gasteiger partial charge in [0.15, 0.2) is 0 Å². The highest BCUT2D eigenvalue weighted by Gasteiger charge is 2.24. The van der Waals surface area contributed by atoms with E-state index in [2.05, 4.69) is 34.7 Å². The predicted octanol–water partition coefficient (Wildman–Crippen LogP) is 2.35. The molecule has 1 atom stereocenters. The van der Waals surface area contributed by atoms with Crippen LogP contribution in [0.4, 0.5) is 4.79 Å². The zero-order valence-corrected chi connectivity index (χ0v) is 15.5. The number of carbonyl (C=O) groups is 1. The number of urea groups is 1. The number of amides is 2. The van der Waals surface area contributed by atoms with Crippen molar-refractivity contribution in [2.24, 2.45) is 5.92 Å². The van der Waals surface area contributed by atoms with Crippen LogP contribution in [-0.4, -0.2) is 46.1 Å². The summed E-state index contributed by atoms with van der Waals surface area (Å²) in [4.78, 5) is 14.4. The predicted molar refractivity (Wildman–Crippen MR) is 98.4 cm³/mol. The van der Waals surface area contributed by atoms with Crippen LogP contribution in [0, 0.1) is 12.8 Å². The fraction of sp³-hybridized carbons (Fsp3) is 0.526. The van der Waals surface area contributed by atoms with Gasteiger partial charge in [0, 0.05) is 33.3 Å². The smallest absolute Gasteiger partial charge is 0.317 e. The average Bonchev–Trinajstić information content (AvgIpc) is 3.08. The SMILES string of the molecule is COCc1cn(C[C@H]2CCCN(C(=O)NCc3ccccc3C)C2)nn1. The molecule has 7 nitrogen and oxygen atoms in total. The summed E-state index contributed by atoms with van der Waals surface area (Å²) in [6.45, 7) is 5.43. The second kappa shape index (κ2) is 8.80. The molecule has 0 spiro atoms. The maximum absolute atomic E-state index is 12.5. The van der Waals surface area contributed by atoms with Crippen molar-refractivity contribution >= 4 is 6.03 Å². The minimum absolute atomic E-state index is 0.0108. The Labute approximate surface area is 154 Å². The van der Waals surface area contributed by atoms with Gasteiger partial charge in [-0.2, -0.15) is 0 Å². The summed E-state index contributed by atoms with van der Waals surface area (Å²) in [5.41, 5.74) is 3.18. The minimum Gasteiger partial charge on any atom is -0.378 e. The molecule has 1 fully saturated rings. The normalized spacial score (nSPS) is 17.3. The van der Waals surface area contributed by atoms with Crippen LogP contribution in [0.1, 0.15) is 29.7 Å². The van der Waals surface area contributed by atoms with Crippen LogP contribution in [0.15, 0.2) is 30.5 Å². The molecule has 1 aliphatic heterocycles. The summed E-state index contributed by atoms with van der Waals surface area (Å²) in [6.07, 6.45) is 4.03. The van der Waals surface area contributed by atoms with E-state index in [4.69, 9.17) is 4.74 Å². The number of piperidine rings is 1. The van der Waals surface area contributed by atoms with Gasteiger partial charge in [-0.05, 0) is 36.8 Å². The molecule has 2 aromatic rings. The molecule has 0 aliphatic carbocycles. The van der Waals surface area contributed by atoms with Crippen LogP contribution in [-0.2, 0) is 24.4 Å². The molecule has 0 bridgehead atoms. The van der Waals surface area contributed by atoms with E-state index in [0.29, 0.717) is 19.1 Å². The van der Waals surface area contributed by atoms with E-state index in [1.165, 1.54) is 5.56 Å². The van der Waals surface area contributed by atoms with E-state index in [-0.39, 0.29) is 6.03 Å². The van der Waals surface area contributed by atoms with Crippen molar-refractivity contribution in [3.05, 3.63) is 47.3 Å². The minimum atomic E-state index is 0.0108. The van der Waals surface area contributed by atoms with Crippen LogP contribution in [0.25, 0.3) is 0 Å². The molecule has 1 aromatic carbocycles. The number of rotatable bonds is 6. The lowest BCUT2D eigenvalue weighted by atomic mass is 9.98. The molecule has 0 radical (unpaired) electrons. The molecule has 140 valence electrons. The lowest BCUT2D eigenvalue weighted by molar-refractivity contribution is 0.157. The summed E-state index contributed by atoms with van der Waals surface area (Å²) in [5, 5.41) is 11.3. The number of likely N-dealkylation sites (tertiary alicyclic amines) is 1. The molecule has 0 saturated carbocycles. The van der Waals surface area contributed by atoms with Gasteiger partial charge in [0.25, 0.3) is 0 Å². The van der Waals surface area contributed by atoms with Gasteiger partial charge >= 0.3 is 6.03 Å². The summed E-state index contributed by atoms with van der Waals surface area (Å²) >= 11 is 0. The third kappa shape index (κ3) is 4.82. The number of aromatic nitrogens is 3. The molecule has 0 unspecified atom stereocenters. The van der Waals surface area contributed by atoms with Gasteiger partial charge in [0.2, 0.25) is 0 Å². The zero-order valence-electron chi connectivity index (χ0n) is 15.5. The van der Waals surface area contributed by atoms with Gasteiger partial charge in [-0.15, -0.1) is 5.10 Å². The standard InChI is InChI=1S/C19H27N5O2/c1-15-6-3-4-8-17(15)10-20-19(25)23-9-5-7-16(11-23)12-24-13-18(14-26-2)21-22-24/h3-4,6,8,13,16H,5,7,9-12,14H2,1-2H3,(H,20,25)/t16-/m0/s1. The summed E-state index contributed by atoms with van der Waals surface area (Å²) in [5.74, 6) is 0.394. The van der Waals surface area contributed by atoms with Gasteiger partial charge in [0.05, 0.1) is 12.8 Å². The Bertz CT molecular complexity index is 730. The van der Waals surface area contributed by atoms with Crippen LogP contribution in [0.5, 0.6) is 0 Å². The second-order valence-electron chi connectivity index (χ2n) is 6.90. The van der Waals surface area contributed by atoms with Crippen LogP contribution in [0.2, 0.25) is 0 Å². The van der Waals surface area contributed by atoms with Gasteiger partial charge in [-0.1, -0.05) is 29.5 Å². The van der Waals surface area contributed by atoms with Gasteiger partial charge in [0.1, 0.15) is 5.69 Å². The summed E-state index contributed by atoms with van der Waals surface area (Å²) < 4.78 is 6.93. The van der Waals surface area contributed by atoms with Crippen LogP contribution in [0.3, 0.4) is 0 Å². The Morgan fingerprint density at radius 2 is 2.23 bits per heavy atom. The van der Waals surface area contributed by atoms with Crippen molar-refractivity contribution in [3.8, 4) is 0 Å². The average molecular weight is 357 g/mol. The fourth-order valence-electron chi connectivity index (χ4n) is 3.40. The Balaban J connectivity index is 1.50. The number of methoxy groups -OCH3 is 1. The number of aryl methyl sites for hydroxylation is 1. The molecule has 7 heteroatoms. The van der Waals surface area contributed by atoms with Crippen molar-refractivity contribution in [3.63, 3.8) is 0 Å². The lowest BCUT2D eigenvalue weighted by Gasteiger charge is -2.32. The highest BCUT2D eigenvalue weighted by atomic mass is 16.5. The largest absolute Gasteiger partial charge is 0.378 e. The molecule has 1 N–H and O–H groups in total. The number of nitrogens with one attached hydrogen (secondary N) is 1.